The smallest absolute Gasteiger partial charge is 0.328 e. The van der Waals surface area contributed by atoms with Crippen LogP contribution in [0.4, 0.5) is 0 Å². The van der Waals surface area contributed by atoms with Crippen molar-refractivity contribution in [3.8, 4) is 11.5 Å². The highest BCUT2D eigenvalue weighted by Gasteiger charge is 2.20. The van der Waals surface area contributed by atoms with Crippen molar-refractivity contribution >= 4 is 28.8 Å². The normalized spacial score (nSPS) is 13.4. The minimum atomic E-state index is -1.09. The summed E-state index contributed by atoms with van der Waals surface area (Å²) in [6, 6.07) is 18.1. The Balaban J connectivity index is 1.26. The number of esters is 2. The summed E-state index contributed by atoms with van der Waals surface area (Å²) in [6.07, 6.45) is 2.54. The van der Waals surface area contributed by atoms with E-state index in [0.29, 0.717) is 17.7 Å². The van der Waals surface area contributed by atoms with Gasteiger partial charge in [-0.3, -0.25) is 4.79 Å². The lowest BCUT2D eigenvalue weighted by atomic mass is 10.1. The van der Waals surface area contributed by atoms with Crippen LogP contribution in [0.3, 0.4) is 0 Å². The predicted octanol–water partition coefficient (Wildman–Crippen LogP) is 2.07. The van der Waals surface area contributed by atoms with Crippen LogP contribution in [0.5, 0.6) is 11.5 Å². The number of fused-ring (bicyclic) bond motifs is 1. The molecule has 4 rings (SSSR count). The van der Waals surface area contributed by atoms with Crippen LogP contribution in [0.15, 0.2) is 79.0 Å². The van der Waals surface area contributed by atoms with Gasteiger partial charge < -0.3 is 36.8 Å². The van der Waals surface area contributed by atoms with Crippen molar-refractivity contribution < 1.29 is 29.0 Å². The van der Waals surface area contributed by atoms with Gasteiger partial charge in [0.05, 0.1) is 0 Å². The van der Waals surface area contributed by atoms with E-state index in [1.807, 2.05) is 30.5 Å². The van der Waals surface area contributed by atoms with Crippen molar-refractivity contribution in [1.29, 1.82) is 0 Å². The van der Waals surface area contributed by atoms with Crippen LogP contribution in [0.25, 0.3) is 10.9 Å². The van der Waals surface area contributed by atoms with Crippen LogP contribution in [-0.4, -0.2) is 46.1 Å². The molecule has 0 unspecified atom stereocenters. The molecule has 39 heavy (non-hydrogen) atoms. The third-order valence-corrected chi connectivity index (χ3v) is 6.23. The fraction of sp³-hybridized carbons (Fsp3) is 0.207. The summed E-state index contributed by atoms with van der Waals surface area (Å²) < 4.78 is 10.8. The third-order valence-electron chi connectivity index (χ3n) is 6.23. The number of hydrogen-bond acceptors (Lipinski definition) is 8. The Hall–Kier alpha value is -4.51. The van der Waals surface area contributed by atoms with Crippen molar-refractivity contribution in [3.05, 3.63) is 95.7 Å². The molecule has 1 heterocycles. The van der Waals surface area contributed by atoms with Gasteiger partial charge in [0.2, 0.25) is 0 Å². The fourth-order valence-corrected chi connectivity index (χ4v) is 4.07. The van der Waals surface area contributed by atoms with Gasteiger partial charge >= 0.3 is 17.9 Å². The van der Waals surface area contributed by atoms with Gasteiger partial charge in [-0.1, -0.05) is 42.5 Å². The monoisotopic (exact) mass is 530 g/mol. The number of carbonyl (C=O) groups excluding carboxylic acids is 2. The molecule has 10 heteroatoms. The van der Waals surface area contributed by atoms with E-state index in [0.717, 1.165) is 22.0 Å². The van der Waals surface area contributed by atoms with Crippen LogP contribution in [0, 0.1) is 0 Å². The number of carboxylic acids is 1. The summed E-state index contributed by atoms with van der Waals surface area (Å²) in [6.45, 7) is 0. The highest BCUT2D eigenvalue weighted by atomic mass is 16.5. The quantitative estimate of drug-likeness (QED) is 0.143. The average molecular weight is 531 g/mol. The van der Waals surface area contributed by atoms with E-state index >= 15 is 0 Å². The first-order valence-electron chi connectivity index (χ1n) is 12.4. The Morgan fingerprint density at radius 1 is 0.692 bits per heavy atom. The molecule has 0 amide bonds. The van der Waals surface area contributed by atoms with Crippen LogP contribution in [-0.2, 0) is 33.6 Å². The first-order valence-corrected chi connectivity index (χ1v) is 12.4. The van der Waals surface area contributed by atoms with Crippen LogP contribution >= 0.6 is 0 Å². The van der Waals surface area contributed by atoms with Crippen molar-refractivity contribution in [2.45, 2.75) is 37.4 Å². The molecule has 0 saturated carbocycles. The second-order valence-corrected chi connectivity index (χ2v) is 9.26. The lowest BCUT2D eigenvalue weighted by Gasteiger charge is -2.13. The van der Waals surface area contributed by atoms with Gasteiger partial charge in [-0.05, 0) is 59.9 Å². The molecule has 3 atom stereocenters. The number of nitrogens with two attached hydrogens (primary N) is 3. The number of para-hydroxylation sites is 1. The topological polar surface area (TPSA) is 184 Å². The number of aromatic amines is 1. The maximum atomic E-state index is 12.5. The lowest BCUT2D eigenvalue weighted by molar-refractivity contribution is -0.138. The van der Waals surface area contributed by atoms with Crippen LogP contribution < -0.4 is 26.7 Å². The van der Waals surface area contributed by atoms with Gasteiger partial charge in [0, 0.05) is 23.5 Å². The van der Waals surface area contributed by atoms with Gasteiger partial charge in [-0.15, -0.1) is 0 Å². The van der Waals surface area contributed by atoms with Crippen molar-refractivity contribution in [3.63, 3.8) is 0 Å². The van der Waals surface area contributed by atoms with E-state index in [2.05, 4.69) is 4.98 Å². The molecule has 0 aliphatic rings. The SMILES string of the molecule is N[C@@H](Cc1ccc(OC(=O)[C@@H](N)Cc2ccc(OC(=O)[C@@H](N)Cc3c[nH]c4ccccc34)cc2)cc1)C(=O)O. The zero-order valence-electron chi connectivity index (χ0n) is 21.1. The summed E-state index contributed by atoms with van der Waals surface area (Å²) in [5.74, 6) is -1.65. The standard InChI is InChI=1S/C29H30N4O6/c30-23(27(34)35)13-17-5-9-20(10-6-17)38-28(36)24(31)14-18-7-11-21(12-8-18)39-29(37)25(32)15-19-16-33-26-4-2-1-3-22(19)26/h1-12,16,23-25,33H,13-15,30-32H2,(H,34,35)/t23-,24-,25-/m0/s1. The number of carboxylic acid groups (broad SMARTS) is 1. The molecule has 0 aliphatic heterocycles. The van der Waals surface area contributed by atoms with E-state index < -0.39 is 36.0 Å². The largest absolute Gasteiger partial charge is 0.480 e. The minimum Gasteiger partial charge on any atom is -0.480 e. The van der Waals surface area contributed by atoms with E-state index in [9.17, 15) is 14.4 Å². The minimum absolute atomic E-state index is 0.157. The zero-order valence-corrected chi connectivity index (χ0v) is 21.1. The number of benzene rings is 3. The van der Waals surface area contributed by atoms with Gasteiger partial charge in [-0.25, -0.2) is 9.59 Å². The Morgan fingerprint density at radius 2 is 1.18 bits per heavy atom. The van der Waals surface area contributed by atoms with Gasteiger partial charge in [-0.2, -0.15) is 0 Å². The number of hydrogen-bond donors (Lipinski definition) is 5. The van der Waals surface area contributed by atoms with Crippen LogP contribution in [0.1, 0.15) is 16.7 Å². The van der Waals surface area contributed by atoms with Crippen molar-refractivity contribution in [1.82, 2.24) is 4.98 Å². The third kappa shape index (κ3) is 7.29. The molecule has 4 aromatic rings. The Morgan fingerprint density at radius 3 is 1.72 bits per heavy atom. The molecule has 3 aromatic carbocycles. The second-order valence-electron chi connectivity index (χ2n) is 9.26. The molecular weight excluding hydrogens is 500 g/mol. The second kappa shape index (κ2) is 12.4. The molecule has 8 N–H and O–H groups in total. The average Bonchev–Trinajstić information content (AvgIpc) is 3.33. The van der Waals surface area contributed by atoms with Gasteiger partial charge in [0.15, 0.2) is 0 Å². The molecule has 0 saturated heterocycles. The maximum absolute atomic E-state index is 12.5. The first-order chi connectivity index (χ1) is 18.7. The zero-order chi connectivity index (χ0) is 27.9. The highest BCUT2D eigenvalue weighted by Crippen LogP contribution is 2.20. The number of carbonyl (C=O) groups is 3. The summed E-state index contributed by atoms with van der Waals surface area (Å²) in [4.78, 5) is 39.0. The fourth-order valence-electron chi connectivity index (χ4n) is 4.07. The molecule has 0 bridgehead atoms. The maximum Gasteiger partial charge on any atom is 0.328 e. The lowest BCUT2D eigenvalue weighted by Crippen LogP contribution is -2.36. The van der Waals surface area contributed by atoms with Gasteiger partial charge in [0.1, 0.15) is 29.6 Å². The van der Waals surface area contributed by atoms with E-state index in [1.54, 1.807) is 48.5 Å². The molecule has 10 nitrogen and oxygen atoms in total. The number of nitrogens with one attached hydrogen (secondary N) is 1. The first kappa shape index (κ1) is 27.5. The number of ether oxygens (including phenoxy) is 2. The Labute approximate surface area is 224 Å². The number of aliphatic carboxylic acids is 1. The number of H-pyrrole nitrogens is 1. The van der Waals surface area contributed by atoms with Crippen molar-refractivity contribution in [2.24, 2.45) is 17.2 Å². The summed E-state index contributed by atoms with van der Waals surface area (Å²) in [5.41, 5.74) is 21.0. The molecule has 0 radical (unpaired) electrons. The predicted molar refractivity (Wildman–Crippen MR) is 145 cm³/mol. The molecule has 0 fully saturated rings. The summed E-state index contributed by atoms with van der Waals surface area (Å²) in [7, 11) is 0. The molecule has 202 valence electrons. The number of aromatic nitrogens is 1. The van der Waals surface area contributed by atoms with Crippen molar-refractivity contribution in [2.75, 3.05) is 0 Å². The molecule has 1 aromatic heterocycles. The van der Waals surface area contributed by atoms with Gasteiger partial charge in [0.25, 0.3) is 0 Å². The summed E-state index contributed by atoms with van der Waals surface area (Å²) >= 11 is 0. The number of rotatable bonds is 11. The van der Waals surface area contributed by atoms with Crippen LogP contribution in [0.2, 0.25) is 0 Å². The Kier molecular flexibility index (Phi) is 8.72. The van der Waals surface area contributed by atoms with E-state index in [1.165, 1.54) is 0 Å². The molecular formula is C29H30N4O6. The van der Waals surface area contributed by atoms with E-state index in [-0.39, 0.29) is 18.6 Å². The van der Waals surface area contributed by atoms with E-state index in [4.69, 9.17) is 31.8 Å². The highest BCUT2D eigenvalue weighted by molar-refractivity contribution is 5.85. The molecule has 0 aliphatic carbocycles. The summed E-state index contributed by atoms with van der Waals surface area (Å²) in [5, 5.41) is 9.92. The Bertz CT molecular complexity index is 1450. The molecule has 0 spiro atoms.